The third-order valence-electron chi connectivity index (χ3n) is 5.42. The van der Waals surface area contributed by atoms with Gasteiger partial charge in [-0.15, -0.1) is 20.4 Å². The monoisotopic (exact) mass is 560 g/mol. The van der Waals surface area contributed by atoms with E-state index >= 15 is 0 Å². The Balaban J connectivity index is 1.61. The first-order valence-corrected chi connectivity index (χ1v) is 13.4. The van der Waals surface area contributed by atoms with Crippen molar-refractivity contribution in [3.63, 3.8) is 0 Å². The number of rotatable bonds is 7. The van der Waals surface area contributed by atoms with Gasteiger partial charge in [-0.1, -0.05) is 23.7 Å². The molecule has 5 rings (SSSR count). The number of aromatic nitrogens is 7. The minimum Gasteiger partial charge on any atom is -0.481 e. The Hall–Kier alpha value is -4.93. The lowest BCUT2D eigenvalue weighted by molar-refractivity contribution is 0.398. The molecule has 0 bridgehead atoms. The molecule has 194 valence electrons. The topological polar surface area (TPSA) is 163 Å². The number of hydrogen-bond acceptors (Lipinski definition) is 11. The van der Waals surface area contributed by atoms with Crippen molar-refractivity contribution in [2.24, 2.45) is 0 Å². The molecule has 1 aromatic carbocycles. The molecular weight excluding hydrogens is 544 g/mol. The van der Waals surface area contributed by atoms with E-state index in [-0.39, 0.29) is 33.9 Å². The summed E-state index contributed by atoms with van der Waals surface area (Å²) in [5.41, 5.74) is 1.41. The number of allylic oxidation sites excluding steroid dienone is 1. The Bertz CT molecular complexity index is 1860. The molecule has 0 atom stereocenters. The maximum absolute atomic E-state index is 11.9. The molecule has 5 aromatic rings. The summed E-state index contributed by atoms with van der Waals surface area (Å²) >= 11 is 6.50. The van der Waals surface area contributed by atoms with Crippen LogP contribution in [0.3, 0.4) is 0 Å². The summed E-state index contributed by atoms with van der Waals surface area (Å²) in [6.45, 7) is 0. The lowest BCUT2D eigenvalue weighted by Crippen LogP contribution is -2.03. The summed E-state index contributed by atoms with van der Waals surface area (Å²) in [5.74, 6) is 0.960. The second kappa shape index (κ2) is 10.4. The lowest BCUT2D eigenvalue weighted by atomic mass is 10.2. The normalized spacial score (nSPS) is 11.8. The summed E-state index contributed by atoms with van der Waals surface area (Å²) in [4.78, 5) is 8.37. The average molecular weight is 561 g/mol. The van der Waals surface area contributed by atoms with Crippen molar-refractivity contribution in [1.29, 1.82) is 5.26 Å². The molecule has 0 saturated carbocycles. The van der Waals surface area contributed by atoms with Gasteiger partial charge in [-0.2, -0.15) is 5.26 Å². The fraction of sp³-hybridized carbons (Fsp3) is 0.0800. The zero-order chi connectivity index (χ0) is 27.6. The van der Waals surface area contributed by atoms with Crippen LogP contribution in [0.5, 0.6) is 5.88 Å². The van der Waals surface area contributed by atoms with Gasteiger partial charge in [0.05, 0.1) is 22.7 Å². The van der Waals surface area contributed by atoms with E-state index in [4.69, 9.17) is 20.8 Å². The second-order valence-corrected chi connectivity index (χ2v) is 10.4. The molecule has 4 heterocycles. The molecule has 0 aliphatic carbocycles. The van der Waals surface area contributed by atoms with Crippen molar-refractivity contribution >= 4 is 33.1 Å². The summed E-state index contributed by atoms with van der Waals surface area (Å²) in [7, 11) is -1.96. The molecular formula is C25H17ClN8O4S. The molecule has 0 N–H and O–H groups in total. The third-order valence-corrected chi connectivity index (χ3v) is 6.83. The van der Waals surface area contributed by atoms with Crippen LogP contribution < -0.4 is 4.74 Å². The van der Waals surface area contributed by atoms with Gasteiger partial charge in [-0.05, 0) is 30.3 Å². The molecule has 4 aromatic heterocycles. The molecule has 0 unspecified atom stereocenters. The van der Waals surface area contributed by atoms with Gasteiger partial charge in [0, 0.05) is 36.4 Å². The van der Waals surface area contributed by atoms with Gasteiger partial charge in [-0.25, -0.2) is 13.4 Å². The van der Waals surface area contributed by atoms with Crippen LogP contribution in [0.25, 0.3) is 40.3 Å². The maximum Gasteiger partial charge on any atom is 0.258 e. The number of nitrogens with zero attached hydrogens (tertiary/aromatic N) is 8. The summed E-state index contributed by atoms with van der Waals surface area (Å²) in [6.07, 6.45) is 5.29. The van der Waals surface area contributed by atoms with Crippen molar-refractivity contribution in [2.75, 3.05) is 13.4 Å². The summed E-state index contributed by atoms with van der Waals surface area (Å²) < 4.78 is 36.2. The van der Waals surface area contributed by atoms with Crippen molar-refractivity contribution < 1.29 is 17.6 Å². The number of para-hydroxylation sites is 1. The molecule has 39 heavy (non-hydrogen) atoms. The molecule has 0 aliphatic heterocycles. The van der Waals surface area contributed by atoms with E-state index < -0.39 is 9.84 Å². The van der Waals surface area contributed by atoms with Crippen LogP contribution in [-0.4, -0.2) is 56.7 Å². The highest BCUT2D eigenvalue weighted by Crippen LogP contribution is 2.30. The van der Waals surface area contributed by atoms with Crippen molar-refractivity contribution in [3.8, 4) is 40.6 Å². The van der Waals surface area contributed by atoms with E-state index in [1.54, 1.807) is 41.0 Å². The van der Waals surface area contributed by atoms with Crippen LogP contribution in [0.2, 0.25) is 5.02 Å². The predicted molar refractivity (Wildman–Crippen MR) is 140 cm³/mol. The first kappa shape index (κ1) is 25.7. The zero-order valence-corrected chi connectivity index (χ0v) is 21.9. The van der Waals surface area contributed by atoms with Crippen LogP contribution in [0, 0.1) is 11.3 Å². The molecule has 14 heteroatoms. The van der Waals surface area contributed by atoms with Crippen molar-refractivity contribution in [3.05, 3.63) is 77.7 Å². The SMILES string of the molecule is COc1cc(-c2nnc(C(C#N)=Cc3nnc(-c4ccc(S(C)(=O)=O)cn4)n3-c3ccccc3Cl)o2)ccn1. The fourth-order valence-electron chi connectivity index (χ4n) is 3.53. The highest BCUT2D eigenvalue weighted by atomic mass is 35.5. The number of sulfone groups is 1. The van der Waals surface area contributed by atoms with Gasteiger partial charge < -0.3 is 9.15 Å². The van der Waals surface area contributed by atoms with E-state index in [2.05, 4.69) is 36.4 Å². The molecule has 0 amide bonds. The van der Waals surface area contributed by atoms with Crippen LogP contribution in [0.4, 0.5) is 0 Å². The summed E-state index contributed by atoms with van der Waals surface area (Å²) in [6, 6.07) is 15.2. The fourth-order valence-corrected chi connectivity index (χ4v) is 4.31. The van der Waals surface area contributed by atoms with E-state index in [1.165, 1.54) is 37.7 Å². The maximum atomic E-state index is 11.9. The molecule has 0 aliphatic rings. The van der Waals surface area contributed by atoms with Crippen LogP contribution >= 0.6 is 11.6 Å². The van der Waals surface area contributed by atoms with E-state index in [9.17, 15) is 13.7 Å². The lowest BCUT2D eigenvalue weighted by Gasteiger charge is -2.10. The van der Waals surface area contributed by atoms with Crippen molar-refractivity contribution in [2.45, 2.75) is 4.90 Å². The number of methoxy groups -OCH3 is 1. The minimum atomic E-state index is -3.44. The Morgan fingerprint density at radius 2 is 1.92 bits per heavy atom. The van der Waals surface area contributed by atoms with Gasteiger partial charge >= 0.3 is 0 Å². The largest absolute Gasteiger partial charge is 0.481 e. The Morgan fingerprint density at radius 3 is 2.62 bits per heavy atom. The molecule has 0 saturated heterocycles. The smallest absolute Gasteiger partial charge is 0.258 e. The van der Waals surface area contributed by atoms with Crippen LogP contribution in [0.1, 0.15) is 11.7 Å². The molecule has 0 spiro atoms. The quantitative estimate of drug-likeness (QED) is 0.265. The Morgan fingerprint density at radius 1 is 1.10 bits per heavy atom. The number of pyridine rings is 2. The van der Waals surface area contributed by atoms with Gasteiger partial charge in [0.2, 0.25) is 11.8 Å². The standard InChI is InChI=1S/C25H17ClN8O4S/c1-37-22-12-15(9-10-28-22)24-32-33-25(38-24)16(13-27)11-21-30-31-23(34(21)20-6-4-3-5-18(20)26)19-8-7-17(14-29-19)39(2,35)36/h3-12,14H,1-2H3. The van der Waals surface area contributed by atoms with Gasteiger partial charge in [0.15, 0.2) is 21.5 Å². The first-order valence-electron chi connectivity index (χ1n) is 11.1. The Kier molecular flexibility index (Phi) is 6.88. The van der Waals surface area contributed by atoms with E-state index in [1.807, 2.05) is 0 Å². The second-order valence-electron chi connectivity index (χ2n) is 7.99. The number of halogens is 1. The predicted octanol–water partition coefficient (Wildman–Crippen LogP) is 3.90. The average Bonchev–Trinajstić information content (AvgIpc) is 3.59. The molecule has 0 radical (unpaired) electrons. The van der Waals surface area contributed by atoms with Crippen LogP contribution in [0.15, 0.2) is 70.2 Å². The van der Waals surface area contributed by atoms with Gasteiger partial charge in [0.25, 0.3) is 5.89 Å². The summed E-state index contributed by atoms with van der Waals surface area (Å²) in [5, 5.41) is 26.8. The highest BCUT2D eigenvalue weighted by Gasteiger charge is 2.21. The highest BCUT2D eigenvalue weighted by molar-refractivity contribution is 7.90. The number of ether oxygens (including phenoxy) is 1. The van der Waals surface area contributed by atoms with Crippen LogP contribution in [-0.2, 0) is 9.84 Å². The molecule has 12 nitrogen and oxygen atoms in total. The Labute approximate surface area is 227 Å². The number of benzene rings is 1. The van der Waals surface area contributed by atoms with E-state index in [0.29, 0.717) is 27.8 Å². The zero-order valence-electron chi connectivity index (χ0n) is 20.3. The third kappa shape index (κ3) is 5.24. The minimum absolute atomic E-state index is 0.0161. The number of hydrogen-bond donors (Lipinski definition) is 0. The first-order chi connectivity index (χ1) is 18.8. The number of nitriles is 1. The van der Waals surface area contributed by atoms with Gasteiger partial charge in [-0.3, -0.25) is 9.55 Å². The van der Waals surface area contributed by atoms with Gasteiger partial charge in [0.1, 0.15) is 17.3 Å². The molecule has 0 fully saturated rings. The van der Waals surface area contributed by atoms with E-state index in [0.717, 1.165) is 6.26 Å². The van der Waals surface area contributed by atoms with Crippen molar-refractivity contribution in [1.82, 2.24) is 34.9 Å².